The normalized spacial score (nSPS) is 30.2. The summed E-state index contributed by atoms with van der Waals surface area (Å²) >= 11 is 0. The maximum atomic E-state index is 13.7. The highest BCUT2D eigenvalue weighted by Gasteiger charge is 2.52. The van der Waals surface area contributed by atoms with E-state index >= 15 is 0 Å². The first-order valence-electron chi connectivity index (χ1n) is 14.4. The molecule has 2 bridgehead atoms. The van der Waals surface area contributed by atoms with Gasteiger partial charge < -0.3 is 25.2 Å². The van der Waals surface area contributed by atoms with Gasteiger partial charge >= 0.3 is 5.97 Å². The molecule has 5 unspecified atom stereocenters. The first-order valence-corrected chi connectivity index (χ1v) is 14.4. The van der Waals surface area contributed by atoms with E-state index in [2.05, 4.69) is 37.5 Å². The van der Waals surface area contributed by atoms with Crippen molar-refractivity contribution < 1.29 is 29.0 Å². The Morgan fingerprint density at radius 1 is 1.10 bits per heavy atom. The average Bonchev–Trinajstić information content (AvgIpc) is 3.51. The van der Waals surface area contributed by atoms with E-state index in [1.165, 1.54) is 13.2 Å². The first kappa shape index (κ1) is 29.7. The average molecular weight is 554 g/mol. The summed E-state index contributed by atoms with van der Waals surface area (Å²) in [4.78, 5) is 38.7. The van der Waals surface area contributed by atoms with Crippen LogP contribution in [0.3, 0.4) is 0 Å². The molecule has 3 aliphatic carbocycles. The molecule has 3 aliphatic rings. The fraction of sp³-hybridized carbons (Fsp3) is 0.677. The number of ether oxygens (including phenoxy) is 2. The first-order chi connectivity index (χ1) is 18.8. The van der Waals surface area contributed by atoms with Crippen LogP contribution in [0.15, 0.2) is 12.1 Å². The minimum Gasteiger partial charge on any atom is -0.496 e. The smallest absolute Gasteiger partial charge is 0.309 e. The van der Waals surface area contributed by atoms with Crippen LogP contribution < -0.4 is 20.1 Å². The molecule has 3 fully saturated rings. The number of nitriles is 1. The molecule has 0 saturated heterocycles. The number of carboxylic acids is 1. The Morgan fingerprint density at radius 2 is 1.75 bits per heavy atom. The topological polar surface area (TPSA) is 138 Å². The molecule has 2 amide bonds. The number of nitrogens with one attached hydrogen (secondary N) is 2. The maximum Gasteiger partial charge on any atom is 0.309 e. The molecule has 1 aromatic rings. The highest BCUT2D eigenvalue weighted by molar-refractivity contribution is 5.98. The summed E-state index contributed by atoms with van der Waals surface area (Å²) in [5.41, 5.74) is -0.374. The molecule has 1 aromatic carbocycles. The van der Waals surface area contributed by atoms with E-state index in [1.54, 1.807) is 13.0 Å². The second-order valence-corrected chi connectivity index (χ2v) is 13.3. The van der Waals surface area contributed by atoms with Gasteiger partial charge in [0.1, 0.15) is 17.6 Å². The monoisotopic (exact) mass is 553 g/mol. The SMILES string of the molecule is COc1cc(C#N)c(OC2CCC(C)(C(=O)O)CC2)cc1C(=O)NC1C2CCC(C2)C1C(=O)NC(C)C(C)(C)C. The van der Waals surface area contributed by atoms with Crippen molar-refractivity contribution >= 4 is 17.8 Å². The third kappa shape index (κ3) is 5.91. The highest BCUT2D eigenvalue weighted by Crippen LogP contribution is 2.49. The lowest BCUT2D eigenvalue weighted by atomic mass is 9.75. The van der Waals surface area contributed by atoms with Gasteiger partial charge in [-0.15, -0.1) is 0 Å². The zero-order valence-corrected chi connectivity index (χ0v) is 24.5. The van der Waals surface area contributed by atoms with Crippen LogP contribution >= 0.6 is 0 Å². The number of aliphatic carboxylic acids is 1. The number of nitrogens with zero attached hydrogens (tertiary/aromatic N) is 1. The van der Waals surface area contributed by atoms with Gasteiger partial charge in [-0.05, 0) is 82.1 Å². The van der Waals surface area contributed by atoms with Gasteiger partial charge in [-0.3, -0.25) is 14.4 Å². The number of benzene rings is 1. The molecule has 9 heteroatoms. The van der Waals surface area contributed by atoms with Gasteiger partial charge in [0.15, 0.2) is 0 Å². The Kier molecular flexibility index (Phi) is 8.39. The molecule has 3 saturated carbocycles. The van der Waals surface area contributed by atoms with Crippen LogP contribution in [0, 0.1) is 39.9 Å². The van der Waals surface area contributed by atoms with Gasteiger partial charge in [-0.2, -0.15) is 5.26 Å². The second kappa shape index (κ2) is 11.3. The van der Waals surface area contributed by atoms with Gasteiger partial charge in [-0.1, -0.05) is 20.8 Å². The van der Waals surface area contributed by atoms with Crippen molar-refractivity contribution in [3.05, 3.63) is 23.3 Å². The predicted octanol–water partition coefficient (Wildman–Crippen LogP) is 4.67. The Balaban J connectivity index is 1.53. The predicted molar refractivity (Wildman–Crippen MR) is 149 cm³/mol. The lowest BCUT2D eigenvalue weighted by molar-refractivity contribution is -0.150. The van der Waals surface area contributed by atoms with Crippen LogP contribution in [0.2, 0.25) is 0 Å². The van der Waals surface area contributed by atoms with Gasteiger partial charge in [0, 0.05) is 18.2 Å². The van der Waals surface area contributed by atoms with Crippen LogP contribution in [0.5, 0.6) is 11.5 Å². The summed E-state index contributed by atoms with van der Waals surface area (Å²) in [5, 5.41) is 25.6. The minimum atomic E-state index is -0.812. The fourth-order valence-corrected chi connectivity index (χ4v) is 6.46. The molecular formula is C31H43N3O6. The number of rotatable bonds is 8. The quantitative estimate of drug-likeness (QED) is 0.425. The van der Waals surface area contributed by atoms with Crippen molar-refractivity contribution in [1.82, 2.24) is 10.6 Å². The summed E-state index contributed by atoms with van der Waals surface area (Å²) in [7, 11) is 1.45. The summed E-state index contributed by atoms with van der Waals surface area (Å²) in [6.07, 6.45) is 4.64. The molecule has 0 aliphatic heterocycles. The van der Waals surface area contributed by atoms with E-state index in [9.17, 15) is 24.8 Å². The van der Waals surface area contributed by atoms with E-state index in [0.29, 0.717) is 25.7 Å². The van der Waals surface area contributed by atoms with Crippen molar-refractivity contribution in [2.75, 3.05) is 7.11 Å². The minimum absolute atomic E-state index is 0.0121. The number of carboxylic acid groups (broad SMARTS) is 1. The van der Waals surface area contributed by atoms with Crippen LogP contribution in [-0.2, 0) is 9.59 Å². The van der Waals surface area contributed by atoms with Crippen molar-refractivity contribution in [2.45, 2.75) is 97.8 Å². The second-order valence-electron chi connectivity index (χ2n) is 13.3. The molecule has 0 radical (unpaired) electrons. The number of methoxy groups -OCH3 is 1. The third-order valence-electron chi connectivity index (χ3n) is 9.69. The zero-order valence-electron chi connectivity index (χ0n) is 24.5. The number of carbonyl (C=O) groups is 3. The summed E-state index contributed by atoms with van der Waals surface area (Å²) in [5.74, 6) is -0.472. The highest BCUT2D eigenvalue weighted by atomic mass is 16.5. The number of hydrogen-bond donors (Lipinski definition) is 3. The van der Waals surface area contributed by atoms with Gasteiger partial charge in [0.25, 0.3) is 5.91 Å². The molecule has 3 N–H and O–H groups in total. The summed E-state index contributed by atoms with van der Waals surface area (Å²) in [6, 6.07) is 4.88. The van der Waals surface area contributed by atoms with E-state index in [1.807, 2.05) is 6.92 Å². The van der Waals surface area contributed by atoms with E-state index in [-0.39, 0.29) is 75.8 Å². The molecule has 40 heavy (non-hydrogen) atoms. The van der Waals surface area contributed by atoms with Crippen LogP contribution in [0.25, 0.3) is 0 Å². The molecule has 0 spiro atoms. The van der Waals surface area contributed by atoms with Crippen molar-refractivity contribution in [3.63, 3.8) is 0 Å². The van der Waals surface area contributed by atoms with E-state index in [0.717, 1.165) is 19.3 Å². The van der Waals surface area contributed by atoms with Gasteiger partial charge in [-0.25, -0.2) is 0 Å². The Bertz CT molecular complexity index is 1190. The molecule has 5 atom stereocenters. The molecule has 4 rings (SSSR count). The zero-order chi connectivity index (χ0) is 29.4. The van der Waals surface area contributed by atoms with E-state index < -0.39 is 11.4 Å². The van der Waals surface area contributed by atoms with Crippen LogP contribution in [-0.4, -0.2) is 48.2 Å². The molecule has 9 nitrogen and oxygen atoms in total. The molecule has 0 aromatic heterocycles. The Morgan fingerprint density at radius 3 is 2.33 bits per heavy atom. The molecule has 218 valence electrons. The lowest BCUT2D eigenvalue weighted by Gasteiger charge is -2.35. The number of carbonyl (C=O) groups excluding carboxylic acids is 2. The van der Waals surface area contributed by atoms with Crippen molar-refractivity contribution in [1.29, 1.82) is 5.26 Å². The summed E-state index contributed by atoms with van der Waals surface area (Å²) in [6.45, 7) is 10.0. The van der Waals surface area contributed by atoms with Crippen molar-refractivity contribution in [2.24, 2.45) is 28.6 Å². The van der Waals surface area contributed by atoms with Crippen molar-refractivity contribution in [3.8, 4) is 17.6 Å². The maximum absolute atomic E-state index is 13.7. The largest absolute Gasteiger partial charge is 0.496 e. The molecule has 0 heterocycles. The van der Waals surface area contributed by atoms with Gasteiger partial charge in [0.05, 0.1) is 35.7 Å². The summed E-state index contributed by atoms with van der Waals surface area (Å²) < 4.78 is 11.7. The Hall–Kier alpha value is -3.28. The van der Waals surface area contributed by atoms with Crippen LogP contribution in [0.1, 0.15) is 95.5 Å². The number of amides is 2. The number of fused-ring (bicyclic) bond motifs is 2. The van der Waals surface area contributed by atoms with Crippen LogP contribution in [0.4, 0.5) is 0 Å². The fourth-order valence-electron chi connectivity index (χ4n) is 6.46. The van der Waals surface area contributed by atoms with E-state index in [4.69, 9.17) is 9.47 Å². The molecular weight excluding hydrogens is 510 g/mol. The number of hydrogen-bond acceptors (Lipinski definition) is 6. The standard InChI is InChI=1S/C31H43N3O6/c1-17(30(2,3)4)33-28(36)25-18-7-8-19(13-18)26(25)34-27(35)22-15-23(20(16-32)14-24(22)39-6)40-21-9-11-31(5,12-10-21)29(37)38/h14-15,17-19,21,25-26H,7-13H2,1-6H3,(H,33,36)(H,34,35)(H,37,38). The third-order valence-corrected chi connectivity index (χ3v) is 9.69. The lowest BCUT2D eigenvalue weighted by Crippen LogP contribution is -2.52. The Labute approximate surface area is 237 Å². The van der Waals surface area contributed by atoms with Gasteiger partial charge in [0.2, 0.25) is 5.91 Å².